The molecule has 0 radical (unpaired) electrons. The van der Waals surface area contributed by atoms with Crippen molar-refractivity contribution in [2.75, 3.05) is 0 Å². The molecule has 2 aliphatic rings. The number of fused-ring (bicyclic) bond motifs is 2. The summed E-state index contributed by atoms with van der Waals surface area (Å²) in [5, 5.41) is 24.2. The highest BCUT2D eigenvalue weighted by Gasteiger charge is 2.23. The highest BCUT2D eigenvalue weighted by molar-refractivity contribution is 6.03. The first-order chi connectivity index (χ1) is 9.92. The van der Waals surface area contributed by atoms with Crippen LogP contribution >= 0.6 is 0 Å². The largest absolute Gasteiger partial charge is 0.244 e. The number of nitrogens with zero attached hydrogens (tertiary/aromatic N) is 6. The molecule has 0 N–H and O–H groups in total. The normalized spacial score (nSPS) is 22.0. The zero-order valence-corrected chi connectivity index (χ0v) is 10.7. The molecule has 0 aliphatic heterocycles. The summed E-state index contributed by atoms with van der Waals surface area (Å²) in [4.78, 5) is 0. The predicted molar refractivity (Wildman–Crippen MR) is 67.5 cm³/mol. The highest BCUT2D eigenvalue weighted by Crippen LogP contribution is 2.20. The van der Waals surface area contributed by atoms with Crippen molar-refractivity contribution in [1.29, 1.82) is 0 Å². The van der Waals surface area contributed by atoms with Crippen LogP contribution in [-0.4, -0.2) is 32.1 Å². The Bertz CT molecular complexity index is 638. The highest BCUT2D eigenvalue weighted by atomic mass is 16.6. The van der Waals surface area contributed by atoms with Crippen molar-refractivity contribution in [3.63, 3.8) is 0 Å². The molecule has 102 valence electrons. The van der Waals surface area contributed by atoms with Crippen LogP contribution in [0.25, 0.3) is 0 Å². The standard InChI is InChI=1S/C12H12N6O2/c1-3-7(11-9(5-1)15-19-17-11)13-14-8-4-2-6-10-12(8)18-20-16-10/h1-6H2. The molecule has 8 heteroatoms. The van der Waals surface area contributed by atoms with E-state index in [0.29, 0.717) is 0 Å². The molecular weight excluding hydrogens is 260 g/mol. The molecule has 0 atom stereocenters. The summed E-state index contributed by atoms with van der Waals surface area (Å²) in [6.45, 7) is 0. The van der Waals surface area contributed by atoms with Crippen LogP contribution in [0.5, 0.6) is 0 Å². The van der Waals surface area contributed by atoms with Gasteiger partial charge in [0.05, 0.1) is 11.4 Å². The maximum atomic E-state index is 4.77. The van der Waals surface area contributed by atoms with Gasteiger partial charge in [-0.15, -0.1) is 0 Å². The maximum absolute atomic E-state index is 4.77. The molecule has 0 amide bonds. The van der Waals surface area contributed by atoms with Gasteiger partial charge in [0.15, 0.2) is 11.4 Å². The minimum atomic E-state index is 0.731. The molecule has 0 bridgehead atoms. The van der Waals surface area contributed by atoms with E-state index in [1.807, 2.05) is 0 Å². The van der Waals surface area contributed by atoms with Crippen molar-refractivity contribution in [2.24, 2.45) is 10.2 Å². The molecule has 2 aromatic heterocycles. The minimum Gasteiger partial charge on any atom is -0.244 e. The number of hydrogen-bond donors (Lipinski definition) is 0. The summed E-state index contributed by atoms with van der Waals surface area (Å²) < 4.78 is 9.53. The van der Waals surface area contributed by atoms with E-state index in [0.717, 1.165) is 72.7 Å². The van der Waals surface area contributed by atoms with Crippen molar-refractivity contribution < 1.29 is 9.26 Å². The third-order valence-corrected chi connectivity index (χ3v) is 3.61. The van der Waals surface area contributed by atoms with E-state index in [9.17, 15) is 0 Å². The van der Waals surface area contributed by atoms with Crippen LogP contribution in [0.15, 0.2) is 19.5 Å². The second-order valence-corrected chi connectivity index (χ2v) is 4.92. The van der Waals surface area contributed by atoms with E-state index >= 15 is 0 Å². The smallest absolute Gasteiger partial charge is 0.154 e. The number of aryl methyl sites for hydroxylation is 2. The van der Waals surface area contributed by atoms with Gasteiger partial charge in [-0.05, 0) is 48.8 Å². The Morgan fingerprint density at radius 3 is 1.65 bits per heavy atom. The summed E-state index contributed by atoms with van der Waals surface area (Å²) in [6.07, 6.45) is 5.41. The number of aromatic nitrogens is 4. The van der Waals surface area contributed by atoms with E-state index in [1.165, 1.54) is 0 Å². The lowest BCUT2D eigenvalue weighted by molar-refractivity contribution is 0.303. The van der Waals surface area contributed by atoms with E-state index in [2.05, 4.69) is 30.8 Å². The topological polar surface area (TPSA) is 103 Å². The Morgan fingerprint density at radius 1 is 0.650 bits per heavy atom. The average Bonchev–Trinajstić information content (AvgIpc) is 3.13. The van der Waals surface area contributed by atoms with Crippen LogP contribution < -0.4 is 0 Å². The lowest BCUT2D eigenvalue weighted by atomic mass is 9.99. The van der Waals surface area contributed by atoms with Crippen LogP contribution in [0, 0.1) is 0 Å². The van der Waals surface area contributed by atoms with Gasteiger partial charge < -0.3 is 0 Å². The molecule has 0 saturated heterocycles. The third-order valence-electron chi connectivity index (χ3n) is 3.61. The second kappa shape index (κ2) is 4.62. The van der Waals surface area contributed by atoms with Crippen molar-refractivity contribution >= 4 is 11.4 Å². The Kier molecular flexibility index (Phi) is 2.65. The Balaban J connectivity index is 1.69. The van der Waals surface area contributed by atoms with Crippen LogP contribution in [0.4, 0.5) is 0 Å². The van der Waals surface area contributed by atoms with Crippen LogP contribution in [0.3, 0.4) is 0 Å². The minimum absolute atomic E-state index is 0.731. The molecule has 0 fully saturated rings. The van der Waals surface area contributed by atoms with Crippen LogP contribution in [0.1, 0.15) is 48.5 Å². The molecule has 4 rings (SSSR count). The molecule has 2 aliphatic carbocycles. The fourth-order valence-electron chi connectivity index (χ4n) is 2.58. The maximum Gasteiger partial charge on any atom is 0.154 e. The summed E-state index contributed by atoms with van der Waals surface area (Å²) in [5.74, 6) is 0. The average molecular weight is 272 g/mol. The van der Waals surface area contributed by atoms with Gasteiger partial charge in [-0.2, -0.15) is 10.2 Å². The van der Waals surface area contributed by atoms with Crippen molar-refractivity contribution in [3.8, 4) is 0 Å². The summed E-state index contributed by atoms with van der Waals surface area (Å²) in [5.41, 5.74) is 4.84. The van der Waals surface area contributed by atoms with E-state index in [1.54, 1.807) is 0 Å². The van der Waals surface area contributed by atoms with Crippen molar-refractivity contribution in [3.05, 3.63) is 22.8 Å². The first kappa shape index (κ1) is 11.4. The predicted octanol–water partition coefficient (Wildman–Crippen LogP) is 1.32. The molecule has 0 aromatic carbocycles. The molecule has 0 spiro atoms. The van der Waals surface area contributed by atoms with Gasteiger partial charge in [0.2, 0.25) is 0 Å². The first-order valence-corrected chi connectivity index (χ1v) is 6.69. The fraction of sp³-hybridized carbons (Fsp3) is 0.500. The summed E-state index contributed by atoms with van der Waals surface area (Å²) in [7, 11) is 0. The summed E-state index contributed by atoms with van der Waals surface area (Å²) in [6, 6.07) is 0. The van der Waals surface area contributed by atoms with Crippen molar-refractivity contribution in [2.45, 2.75) is 38.5 Å². The molecule has 20 heavy (non-hydrogen) atoms. The van der Waals surface area contributed by atoms with E-state index < -0.39 is 0 Å². The van der Waals surface area contributed by atoms with Crippen LogP contribution in [-0.2, 0) is 12.8 Å². The zero-order valence-electron chi connectivity index (χ0n) is 10.7. The number of hydrogen-bond acceptors (Lipinski definition) is 8. The van der Waals surface area contributed by atoms with Gasteiger partial charge in [-0.3, -0.25) is 0 Å². The third kappa shape index (κ3) is 1.84. The van der Waals surface area contributed by atoms with Gasteiger partial charge in [0.1, 0.15) is 11.4 Å². The Morgan fingerprint density at radius 2 is 1.15 bits per heavy atom. The summed E-state index contributed by atoms with van der Waals surface area (Å²) >= 11 is 0. The van der Waals surface area contributed by atoms with Gasteiger partial charge in [-0.25, -0.2) is 9.26 Å². The first-order valence-electron chi connectivity index (χ1n) is 6.69. The van der Waals surface area contributed by atoms with Crippen LogP contribution in [0.2, 0.25) is 0 Å². The lowest BCUT2D eigenvalue weighted by Gasteiger charge is -2.10. The quantitative estimate of drug-likeness (QED) is 0.725. The fourth-order valence-corrected chi connectivity index (χ4v) is 2.58. The molecule has 2 heterocycles. The van der Waals surface area contributed by atoms with E-state index in [4.69, 9.17) is 9.26 Å². The van der Waals surface area contributed by atoms with Gasteiger partial charge >= 0.3 is 0 Å². The van der Waals surface area contributed by atoms with Gasteiger partial charge in [0.25, 0.3) is 0 Å². The zero-order chi connectivity index (χ0) is 13.4. The monoisotopic (exact) mass is 272 g/mol. The SMILES string of the molecule is C1CC(=NN=C2CCCc3nonc32)c2nonc2C1. The molecule has 0 unspecified atom stereocenters. The van der Waals surface area contributed by atoms with Gasteiger partial charge in [-0.1, -0.05) is 10.3 Å². The van der Waals surface area contributed by atoms with Gasteiger partial charge in [0, 0.05) is 0 Å². The molecule has 8 nitrogen and oxygen atoms in total. The molecule has 0 saturated carbocycles. The number of rotatable bonds is 1. The Labute approximate surface area is 113 Å². The van der Waals surface area contributed by atoms with E-state index in [-0.39, 0.29) is 0 Å². The molecule has 2 aromatic rings. The Hall–Kier alpha value is -2.38. The molecular formula is C12H12N6O2. The lowest BCUT2D eigenvalue weighted by Crippen LogP contribution is -2.14. The van der Waals surface area contributed by atoms with Crippen molar-refractivity contribution in [1.82, 2.24) is 20.6 Å². The second-order valence-electron chi connectivity index (χ2n) is 4.92.